The van der Waals surface area contributed by atoms with Crippen LogP contribution in [0.3, 0.4) is 0 Å². The molecule has 4 heteroatoms. The predicted molar refractivity (Wildman–Crippen MR) is 87.9 cm³/mol. The first kappa shape index (κ1) is 15.2. The number of hydrogen-bond acceptors (Lipinski definition) is 4. The molecule has 2 heterocycles. The maximum absolute atomic E-state index is 13.1. The SMILES string of the molecule is C[C@H]1[C@H]2C(=O)c3ccc(O)cc3[C@@]1(C)CCN2CC1CCCO1. The standard InChI is InChI=1S/C19H25NO3/c1-12-17-18(22)15-6-5-13(21)10-16(15)19(12,2)7-8-20(17)11-14-4-3-9-23-14/h5-6,10,12,14,17,21H,3-4,7-9,11H2,1-2H3/t12-,14?,17-,19-/m0/s1. The quantitative estimate of drug-likeness (QED) is 0.912. The molecule has 124 valence electrons. The Kier molecular flexibility index (Phi) is 3.50. The van der Waals surface area contributed by atoms with Gasteiger partial charge in [-0.15, -0.1) is 0 Å². The highest BCUT2D eigenvalue weighted by molar-refractivity contribution is 6.03. The number of carbonyl (C=O) groups excluding carboxylic acids is 1. The van der Waals surface area contributed by atoms with Crippen LogP contribution in [0.2, 0.25) is 0 Å². The highest BCUT2D eigenvalue weighted by Crippen LogP contribution is 2.49. The van der Waals surface area contributed by atoms with Gasteiger partial charge < -0.3 is 9.84 Å². The topological polar surface area (TPSA) is 49.8 Å². The lowest BCUT2D eigenvalue weighted by Crippen LogP contribution is -2.61. The van der Waals surface area contributed by atoms with E-state index in [-0.39, 0.29) is 35.0 Å². The summed E-state index contributed by atoms with van der Waals surface area (Å²) < 4.78 is 5.79. The number of phenols is 1. The molecule has 1 aliphatic carbocycles. The number of phenolic OH excluding ortho intramolecular Hbond substituents is 1. The number of ether oxygens (including phenoxy) is 1. The molecular weight excluding hydrogens is 290 g/mol. The summed E-state index contributed by atoms with van der Waals surface area (Å²) in [6, 6.07) is 5.18. The summed E-state index contributed by atoms with van der Waals surface area (Å²) >= 11 is 0. The van der Waals surface area contributed by atoms with Crippen molar-refractivity contribution in [2.45, 2.75) is 50.7 Å². The summed E-state index contributed by atoms with van der Waals surface area (Å²) in [6.07, 6.45) is 3.53. The summed E-state index contributed by atoms with van der Waals surface area (Å²) in [4.78, 5) is 15.5. The second kappa shape index (κ2) is 5.32. The van der Waals surface area contributed by atoms with E-state index in [1.807, 2.05) is 0 Å². The molecule has 0 spiro atoms. The van der Waals surface area contributed by atoms with Crippen molar-refractivity contribution < 1.29 is 14.6 Å². The van der Waals surface area contributed by atoms with Gasteiger partial charge in [-0.2, -0.15) is 0 Å². The maximum atomic E-state index is 13.1. The lowest BCUT2D eigenvalue weighted by Gasteiger charge is -2.53. The zero-order chi connectivity index (χ0) is 16.2. The smallest absolute Gasteiger partial charge is 0.180 e. The minimum absolute atomic E-state index is 0.0420. The third kappa shape index (κ3) is 2.23. The fourth-order valence-corrected chi connectivity index (χ4v) is 4.81. The highest BCUT2D eigenvalue weighted by Gasteiger charge is 2.52. The molecule has 4 nitrogen and oxygen atoms in total. The monoisotopic (exact) mass is 315 g/mol. The molecule has 2 fully saturated rings. The molecule has 3 aliphatic rings. The van der Waals surface area contributed by atoms with Crippen LogP contribution >= 0.6 is 0 Å². The Morgan fingerprint density at radius 3 is 3.00 bits per heavy atom. The molecule has 1 aromatic carbocycles. The number of piperidine rings is 1. The first-order chi connectivity index (χ1) is 11.0. The van der Waals surface area contributed by atoms with Crippen molar-refractivity contribution in [1.29, 1.82) is 0 Å². The second-order valence-corrected chi connectivity index (χ2v) is 7.63. The van der Waals surface area contributed by atoms with Gasteiger partial charge in [0.2, 0.25) is 0 Å². The van der Waals surface area contributed by atoms with Crippen molar-refractivity contribution in [3.8, 4) is 5.75 Å². The lowest BCUT2D eigenvalue weighted by molar-refractivity contribution is -0.000149. The maximum Gasteiger partial charge on any atom is 0.180 e. The molecule has 2 bridgehead atoms. The van der Waals surface area contributed by atoms with Gasteiger partial charge in [0.15, 0.2) is 5.78 Å². The van der Waals surface area contributed by atoms with E-state index in [0.29, 0.717) is 0 Å². The molecule has 1 N–H and O–H groups in total. The molecule has 4 atom stereocenters. The van der Waals surface area contributed by atoms with Gasteiger partial charge in [0, 0.05) is 18.7 Å². The summed E-state index contributed by atoms with van der Waals surface area (Å²) in [5, 5.41) is 9.88. The van der Waals surface area contributed by atoms with E-state index < -0.39 is 0 Å². The number of rotatable bonds is 2. The van der Waals surface area contributed by atoms with Crippen LogP contribution in [0.25, 0.3) is 0 Å². The summed E-state index contributed by atoms with van der Waals surface area (Å²) in [7, 11) is 0. The Balaban J connectivity index is 1.71. The third-order valence-electron chi connectivity index (χ3n) is 6.41. The number of benzene rings is 1. The molecule has 23 heavy (non-hydrogen) atoms. The van der Waals surface area contributed by atoms with E-state index in [2.05, 4.69) is 18.7 Å². The van der Waals surface area contributed by atoms with Crippen molar-refractivity contribution in [3.05, 3.63) is 29.3 Å². The Morgan fingerprint density at radius 2 is 2.26 bits per heavy atom. The Hall–Kier alpha value is -1.39. The zero-order valence-corrected chi connectivity index (χ0v) is 13.9. The van der Waals surface area contributed by atoms with Gasteiger partial charge >= 0.3 is 0 Å². The number of likely N-dealkylation sites (tertiary alicyclic amines) is 1. The van der Waals surface area contributed by atoms with Gasteiger partial charge in [-0.3, -0.25) is 9.69 Å². The van der Waals surface area contributed by atoms with Gasteiger partial charge in [0.1, 0.15) is 5.75 Å². The van der Waals surface area contributed by atoms with E-state index in [0.717, 1.165) is 50.1 Å². The summed E-state index contributed by atoms with van der Waals surface area (Å²) in [5.74, 6) is 0.715. The van der Waals surface area contributed by atoms with Gasteiger partial charge in [0.05, 0.1) is 12.1 Å². The molecular formula is C19H25NO3. The van der Waals surface area contributed by atoms with Crippen LogP contribution in [0.4, 0.5) is 0 Å². The number of ketones is 1. The van der Waals surface area contributed by atoms with E-state index in [1.54, 1.807) is 18.2 Å². The predicted octanol–water partition coefficient (Wildman–Crippen LogP) is 2.74. The molecule has 0 aromatic heterocycles. The normalized spacial score (nSPS) is 37.0. The Labute approximate surface area is 137 Å². The lowest BCUT2D eigenvalue weighted by atomic mass is 9.58. The minimum Gasteiger partial charge on any atom is -0.508 e. The van der Waals surface area contributed by atoms with E-state index >= 15 is 0 Å². The molecule has 1 aromatic rings. The molecule has 2 saturated heterocycles. The largest absolute Gasteiger partial charge is 0.508 e. The van der Waals surface area contributed by atoms with Gasteiger partial charge in [-0.1, -0.05) is 13.8 Å². The van der Waals surface area contributed by atoms with Crippen LogP contribution in [0.1, 0.15) is 49.0 Å². The molecule has 2 aliphatic heterocycles. The van der Waals surface area contributed by atoms with Crippen LogP contribution in [-0.2, 0) is 10.2 Å². The van der Waals surface area contributed by atoms with Gasteiger partial charge in [-0.05, 0) is 60.9 Å². The number of Topliss-reactive ketones (excluding diaryl/α,β-unsaturated/α-hetero) is 1. The Bertz CT molecular complexity index is 638. The van der Waals surface area contributed by atoms with Crippen molar-refractivity contribution >= 4 is 5.78 Å². The summed E-state index contributed by atoms with van der Waals surface area (Å²) in [5.41, 5.74) is 1.79. The molecule has 4 rings (SSSR count). The van der Waals surface area contributed by atoms with Gasteiger partial charge in [-0.25, -0.2) is 0 Å². The fraction of sp³-hybridized carbons (Fsp3) is 0.632. The van der Waals surface area contributed by atoms with Crippen molar-refractivity contribution in [3.63, 3.8) is 0 Å². The van der Waals surface area contributed by atoms with Crippen LogP contribution in [0.5, 0.6) is 5.75 Å². The van der Waals surface area contributed by atoms with Crippen LogP contribution in [0.15, 0.2) is 18.2 Å². The molecule has 0 saturated carbocycles. The van der Waals surface area contributed by atoms with Crippen LogP contribution in [0, 0.1) is 5.92 Å². The van der Waals surface area contributed by atoms with Crippen molar-refractivity contribution in [2.75, 3.05) is 19.7 Å². The van der Waals surface area contributed by atoms with Crippen LogP contribution in [-0.4, -0.2) is 47.6 Å². The number of aromatic hydroxyl groups is 1. The van der Waals surface area contributed by atoms with Crippen LogP contribution < -0.4 is 0 Å². The molecule has 1 unspecified atom stereocenters. The average molecular weight is 315 g/mol. The van der Waals surface area contributed by atoms with E-state index in [4.69, 9.17) is 4.74 Å². The van der Waals surface area contributed by atoms with E-state index in [9.17, 15) is 9.90 Å². The average Bonchev–Trinajstić information content (AvgIpc) is 3.03. The number of hydrogen-bond donors (Lipinski definition) is 1. The number of fused-ring (bicyclic) bond motifs is 4. The second-order valence-electron chi connectivity index (χ2n) is 7.63. The number of carbonyl (C=O) groups is 1. The number of nitrogens with zero attached hydrogens (tertiary/aromatic N) is 1. The first-order valence-corrected chi connectivity index (χ1v) is 8.74. The van der Waals surface area contributed by atoms with Crippen molar-refractivity contribution in [2.24, 2.45) is 5.92 Å². The van der Waals surface area contributed by atoms with Gasteiger partial charge in [0.25, 0.3) is 0 Å². The highest BCUT2D eigenvalue weighted by atomic mass is 16.5. The third-order valence-corrected chi connectivity index (χ3v) is 6.41. The zero-order valence-electron chi connectivity index (χ0n) is 13.9. The first-order valence-electron chi connectivity index (χ1n) is 8.74. The molecule has 0 radical (unpaired) electrons. The minimum atomic E-state index is -0.0602. The fourth-order valence-electron chi connectivity index (χ4n) is 4.81. The van der Waals surface area contributed by atoms with Crippen molar-refractivity contribution in [1.82, 2.24) is 4.90 Å². The summed E-state index contributed by atoms with van der Waals surface area (Å²) in [6.45, 7) is 7.08. The Morgan fingerprint density at radius 1 is 1.43 bits per heavy atom. The molecule has 0 amide bonds. The van der Waals surface area contributed by atoms with E-state index in [1.165, 1.54) is 0 Å².